The van der Waals surface area contributed by atoms with Crippen LogP contribution in [0.5, 0.6) is 5.75 Å². The summed E-state index contributed by atoms with van der Waals surface area (Å²) < 4.78 is 5.41. The Bertz CT molecular complexity index is 629. The molecule has 2 aliphatic rings. The molecule has 1 aromatic carbocycles. The van der Waals surface area contributed by atoms with Crippen molar-refractivity contribution in [2.24, 2.45) is 0 Å². The van der Waals surface area contributed by atoms with Crippen molar-refractivity contribution in [2.75, 3.05) is 58.7 Å². The van der Waals surface area contributed by atoms with E-state index in [1.54, 1.807) is 7.11 Å². The summed E-state index contributed by atoms with van der Waals surface area (Å²) >= 11 is 0. The van der Waals surface area contributed by atoms with Gasteiger partial charge in [-0.15, -0.1) is 0 Å². The molecule has 3 rings (SSSR count). The molecule has 0 spiro atoms. The molecule has 150 valence electrons. The van der Waals surface area contributed by atoms with E-state index >= 15 is 0 Å². The number of anilines is 1. The highest BCUT2D eigenvalue weighted by atomic mass is 16.5. The van der Waals surface area contributed by atoms with Gasteiger partial charge in [0.15, 0.2) is 0 Å². The van der Waals surface area contributed by atoms with E-state index in [9.17, 15) is 4.79 Å². The predicted octanol–water partition coefficient (Wildman–Crippen LogP) is 3.03. The Morgan fingerprint density at radius 3 is 2.70 bits per heavy atom. The first-order valence-corrected chi connectivity index (χ1v) is 10.2. The molecule has 1 aromatic rings. The van der Waals surface area contributed by atoms with Crippen LogP contribution in [0.1, 0.15) is 31.2 Å². The number of rotatable bonds is 5. The first kappa shape index (κ1) is 20.0. The van der Waals surface area contributed by atoms with E-state index in [4.69, 9.17) is 4.74 Å². The van der Waals surface area contributed by atoms with Gasteiger partial charge in [0.1, 0.15) is 5.75 Å². The van der Waals surface area contributed by atoms with Crippen molar-refractivity contribution in [1.29, 1.82) is 0 Å². The van der Waals surface area contributed by atoms with Gasteiger partial charge in [-0.1, -0.05) is 6.07 Å². The van der Waals surface area contributed by atoms with Gasteiger partial charge in [0.05, 0.1) is 12.8 Å². The highest BCUT2D eigenvalue weighted by Gasteiger charge is 2.28. The Morgan fingerprint density at radius 2 is 1.96 bits per heavy atom. The number of hydrogen-bond donors (Lipinski definition) is 1. The molecule has 1 atom stereocenters. The molecule has 1 N–H and O–H groups in total. The number of ether oxygens (including phenoxy) is 1. The number of benzene rings is 1. The Kier molecular flexibility index (Phi) is 6.96. The fraction of sp³-hybridized carbons (Fsp3) is 0.667. The summed E-state index contributed by atoms with van der Waals surface area (Å²) in [5.41, 5.74) is 1.86. The second-order valence-corrected chi connectivity index (χ2v) is 7.91. The van der Waals surface area contributed by atoms with Gasteiger partial charge in [-0.25, -0.2) is 4.79 Å². The third-order valence-electron chi connectivity index (χ3n) is 5.86. The number of piperazine rings is 1. The van der Waals surface area contributed by atoms with E-state index in [-0.39, 0.29) is 6.03 Å². The molecule has 2 aliphatic heterocycles. The number of methoxy groups -OCH3 is 1. The maximum atomic E-state index is 13.0. The van der Waals surface area contributed by atoms with Crippen molar-refractivity contribution in [2.45, 2.75) is 38.6 Å². The zero-order valence-electron chi connectivity index (χ0n) is 17.0. The Hall–Kier alpha value is -1.79. The third kappa shape index (κ3) is 5.36. The van der Waals surface area contributed by atoms with Crippen molar-refractivity contribution in [3.8, 4) is 5.75 Å². The monoisotopic (exact) mass is 374 g/mol. The first-order chi connectivity index (χ1) is 13.1. The van der Waals surface area contributed by atoms with Crippen LogP contribution >= 0.6 is 0 Å². The summed E-state index contributed by atoms with van der Waals surface area (Å²) in [7, 11) is 3.82. The molecule has 2 amide bonds. The number of nitrogens with zero attached hydrogens (tertiary/aromatic N) is 3. The molecule has 1 unspecified atom stereocenters. The summed E-state index contributed by atoms with van der Waals surface area (Å²) in [6, 6.07) is 6.20. The lowest BCUT2D eigenvalue weighted by molar-refractivity contribution is 0.122. The minimum atomic E-state index is 0.00183. The summed E-state index contributed by atoms with van der Waals surface area (Å²) in [6.45, 7) is 8.49. The number of urea groups is 1. The third-order valence-corrected chi connectivity index (χ3v) is 5.86. The van der Waals surface area contributed by atoms with Crippen LogP contribution < -0.4 is 10.1 Å². The van der Waals surface area contributed by atoms with Crippen molar-refractivity contribution >= 4 is 11.7 Å². The molecule has 2 fully saturated rings. The average molecular weight is 375 g/mol. The van der Waals surface area contributed by atoms with Crippen LogP contribution in [0.25, 0.3) is 0 Å². The maximum Gasteiger partial charge on any atom is 0.322 e. The number of likely N-dealkylation sites (N-methyl/N-ethyl adjacent to an activating group) is 1. The topological polar surface area (TPSA) is 48.1 Å². The fourth-order valence-electron chi connectivity index (χ4n) is 4.08. The van der Waals surface area contributed by atoms with Crippen LogP contribution in [0.3, 0.4) is 0 Å². The summed E-state index contributed by atoms with van der Waals surface area (Å²) in [5.74, 6) is 0.708. The van der Waals surface area contributed by atoms with Crippen molar-refractivity contribution in [3.63, 3.8) is 0 Å². The van der Waals surface area contributed by atoms with Crippen LogP contribution in [0.4, 0.5) is 10.5 Å². The SMILES string of the molecule is COc1ccc(C)cc1NC(=O)N1CCCCC1CCN1CCN(C)CC1. The first-order valence-electron chi connectivity index (χ1n) is 10.2. The number of nitrogens with one attached hydrogen (secondary N) is 1. The van der Waals surface area contributed by atoms with E-state index in [1.165, 1.54) is 6.42 Å². The lowest BCUT2D eigenvalue weighted by Gasteiger charge is -2.38. The van der Waals surface area contributed by atoms with Crippen LogP contribution in [0.2, 0.25) is 0 Å². The van der Waals surface area contributed by atoms with Crippen molar-refractivity contribution < 1.29 is 9.53 Å². The zero-order chi connectivity index (χ0) is 19.2. The lowest BCUT2D eigenvalue weighted by atomic mass is 9.99. The molecule has 0 aliphatic carbocycles. The minimum absolute atomic E-state index is 0.00183. The van der Waals surface area contributed by atoms with Gasteiger partial charge < -0.3 is 24.8 Å². The smallest absolute Gasteiger partial charge is 0.322 e. The highest BCUT2D eigenvalue weighted by Crippen LogP contribution is 2.27. The van der Waals surface area contributed by atoms with Crippen molar-refractivity contribution in [3.05, 3.63) is 23.8 Å². The number of aryl methyl sites for hydroxylation is 1. The predicted molar refractivity (Wildman–Crippen MR) is 110 cm³/mol. The summed E-state index contributed by atoms with van der Waals surface area (Å²) in [5, 5.41) is 3.09. The number of likely N-dealkylation sites (tertiary alicyclic amines) is 1. The highest BCUT2D eigenvalue weighted by molar-refractivity contribution is 5.91. The summed E-state index contributed by atoms with van der Waals surface area (Å²) in [4.78, 5) is 20.0. The largest absolute Gasteiger partial charge is 0.495 e. The molecule has 0 bridgehead atoms. The van der Waals surface area contributed by atoms with E-state index in [0.717, 1.165) is 69.8 Å². The number of amides is 2. The molecule has 27 heavy (non-hydrogen) atoms. The molecule has 2 saturated heterocycles. The number of carbonyl (C=O) groups excluding carboxylic acids is 1. The van der Waals surface area contributed by atoms with Gasteiger partial charge >= 0.3 is 6.03 Å². The Labute approximate surface area is 163 Å². The van der Waals surface area contributed by atoms with Gasteiger partial charge in [0.25, 0.3) is 0 Å². The quantitative estimate of drug-likeness (QED) is 0.861. The Morgan fingerprint density at radius 1 is 1.19 bits per heavy atom. The zero-order valence-corrected chi connectivity index (χ0v) is 17.0. The molecule has 6 heteroatoms. The van der Waals surface area contributed by atoms with Crippen molar-refractivity contribution in [1.82, 2.24) is 14.7 Å². The number of piperidine rings is 1. The second kappa shape index (κ2) is 9.42. The van der Waals surface area contributed by atoms with Crippen LogP contribution in [-0.4, -0.2) is 80.2 Å². The van der Waals surface area contributed by atoms with E-state index in [1.807, 2.05) is 30.0 Å². The molecule has 2 heterocycles. The molecule has 0 aromatic heterocycles. The maximum absolute atomic E-state index is 13.0. The van der Waals surface area contributed by atoms with Crippen LogP contribution in [0, 0.1) is 6.92 Å². The number of carbonyl (C=O) groups is 1. The van der Waals surface area contributed by atoms with Gasteiger partial charge in [0.2, 0.25) is 0 Å². The lowest BCUT2D eigenvalue weighted by Crippen LogP contribution is -2.49. The van der Waals surface area contributed by atoms with Gasteiger partial charge in [-0.05, 0) is 57.4 Å². The van der Waals surface area contributed by atoms with Gasteiger partial charge in [-0.2, -0.15) is 0 Å². The molecular weight excluding hydrogens is 340 g/mol. The molecular formula is C21H34N4O2. The molecule has 6 nitrogen and oxygen atoms in total. The molecule has 0 radical (unpaired) electrons. The second-order valence-electron chi connectivity index (χ2n) is 7.91. The standard InChI is InChI=1S/C21H34N4O2/c1-17-7-8-20(27-3)19(16-17)22-21(26)25-10-5-4-6-18(25)9-11-24-14-12-23(2)13-15-24/h7-8,16,18H,4-6,9-15H2,1-3H3,(H,22,26). The molecule has 0 saturated carbocycles. The van der Waals surface area contributed by atoms with E-state index < -0.39 is 0 Å². The van der Waals surface area contributed by atoms with Gasteiger partial charge in [0, 0.05) is 45.3 Å². The van der Waals surface area contributed by atoms with E-state index in [2.05, 4.69) is 22.2 Å². The summed E-state index contributed by atoms with van der Waals surface area (Å²) in [6.07, 6.45) is 4.46. The minimum Gasteiger partial charge on any atom is -0.495 e. The fourth-order valence-corrected chi connectivity index (χ4v) is 4.08. The van der Waals surface area contributed by atoms with E-state index in [0.29, 0.717) is 11.8 Å². The average Bonchev–Trinajstić information content (AvgIpc) is 2.68. The van der Waals surface area contributed by atoms with Crippen LogP contribution in [0.15, 0.2) is 18.2 Å². The Balaban J connectivity index is 1.59. The van der Waals surface area contributed by atoms with Gasteiger partial charge in [-0.3, -0.25) is 0 Å². The normalized spacial score (nSPS) is 21.9. The van der Waals surface area contributed by atoms with Crippen LogP contribution in [-0.2, 0) is 0 Å². The number of hydrogen-bond acceptors (Lipinski definition) is 4.